The summed E-state index contributed by atoms with van der Waals surface area (Å²) in [5, 5.41) is 8.13. The lowest BCUT2D eigenvalue weighted by molar-refractivity contribution is 0.473. The van der Waals surface area contributed by atoms with Crippen LogP contribution in [0.2, 0.25) is 0 Å². The van der Waals surface area contributed by atoms with E-state index in [9.17, 15) is 0 Å². The van der Waals surface area contributed by atoms with Gasteiger partial charge in [-0.3, -0.25) is 11.3 Å². The summed E-state index contributed by atoms with van der Waals surface area (Å²) in [5.74, 6) is 5.73. The van der Waals surface area contributed by atoms with Gasteiger partial charge in [0.1, 0.15) is 0 Å². The van der Waals surface area contributed by atoms with Gasteiger partial charge in [-0.1, -0.05) is 41.5 Å². The number of rotatable bonds is 6. The largest absolute Gasteiger partial charge is 0.271 e. The standard InChI is InChI=1S/C15H23N5/c1-4-5-20-15(10-17-19-20)14(18-16)9-13-7-11(2)6-12(3)8-13/h6-8,10,14,18H,4-5,9,16H2,1-3H3. The summed E-state index contributed by atoms with van der Waals surface area (Å²) in [5.41, 5.74) is 7.75. The van der Waals surface area contributed by atoms with Crippen molar-refractivity contribution in [3.05, 3.63) is 46.8 Å². The van der Waals surface area contributed by atoms with Crippen molar-refractivity contribution in [3.8, 4) is 0 Å². The van der Waals surface area contributed by atoms with Crippen LogP contribution in [0.5, 0.6) is 0 Å². The molecule has 0 fully saturated rings. The Morgan fingerprint density at radius 3 is 2.55 bits per heavy atom. The molecule has 2 aromatic rings. The van der Waals surface area contributed by atoms with Gasteiger partial charge in [-0.05, 0) is 32.3 Å². The zero-order chi connectivity index (χ0) is 14.5. The van der Waals surface area contributed by atoms with Crippen LogP contribution in [-0.2, 0) is 13.0 Å². The Bertz CT molecular complexity index is 541. The Hall–Kier alpha value is -1.72. The number of hydrogen-bond acceptors (Lipinski definition) is 4. The minimum absolute atomic E-state index is 0.0257. The SMILES string of the molecule is CCCn1nncc1C(Cc1cc(C)cc(C)c1)NN. The van der Waals surface area contributed by atoms with Crippen molar-refractivity contribution in [3.63, 3.8) is 0 Å². The summed E-state index contributed by atoms with van der Waals surface area (Å²) >= 11 is 0. The monoisotopic (exact) mass is 273 g/mol. The van der Waals surface area contributed by atoms with Crippen molar-refractivity contribution in [2.75, 3.05) is 0 Å². The van der Waals surface area contributed by atoms with Crippen LogP contribution < -0.4 is 11.3 Å². The molecule has 0 saturated carbocycles. The first-order chi connectivity index (χ1) is 9.63. The van der Waals surface area contributed by atoms with Gasteiger partial charge in [-0.15, -0.1) is 5.10 Å². The summed E-state index contributed by atoms with van der Waals surface area (Å²) in [6.07, 6.45) is 3.65. The highest BCUT2D eigenvalue weighted by molar-refractivity contribution is 5.29. The lowest BCUT2D eigenvalue weighted by Gasteiger charge is -2.17. The highest BCUT2D eigenvalue weighted by atomic mass is 15.4. The van der Waals surface area contributed by atoms with Gasteiger partial charge < -0.3 is 0 Å². The van der Waals surface area contributed by atoms with E-state index in [-0.39, 0.29) is 6.04 Å². The second-order valence-electron chi connectivity index (χ2n) is 5.30. The third-order valence-corrected chi connectivity index (χ3v) is 3.36. The van der Waals surface area contributed by atoms with E-state index in [2.05, 4.69) is 54.7 Å². The molecule has 2 rings (SSSR count). The molecule has 0 radical (unpaired) electrons. The molecule has 5 heteroatoms. The van der Waals surface area contributed by atoms with Crippen molar-refractivity contribution in [1.29, 1.82) is 0 Å². The maximum absolute atomic E-state index is 5.73. The molecule has 20 heavy (non-hydrogen) atoms. The van der Waals surface area contributed by atoms with E-state index in [1.165, 1.54) is 16.7 Å². The molecule has 0 bridgehead atoms. The van der Waals surface area contributed by atoms with Crippen LogP contribution in [0.4, 0.5) is 0 Å². The molecule has 3 N–H and O–H groups in total. The van der Waals surface area contributed by atoms with Crippen LogP contribution in [0.3, 0.4) is 0 Å². The number of nitrogens with zero attached hydrogens (tertiary/aromatic N) is 3. The minimum Gasteiger partial charge on any atom is -0.271 e. The van der Waals surface area contributed by atoms with Crippen LogP contribution in [0.25, 0.3) is 0 Å². The first-order valence-corrected chi connectivity index (χ1v) is 7.05. The van der Waals surface area contributed by atoms with Crippen molar-refractivity contribution < 1.29 is 0 Å². The van der Waals surface area contributed by atoms with Gasteiger partial charge in [-0.2, -0.15) is 0 Å². The summed E-state index contributed by atoms with van der Waals surface area (Å²) < 4.78 is 1.92. The Morgan fingerprint density at radius 2 is 1.95 bits per heavy atom. The van der Waals surface area contributed by atoms with Crippen molar-refractivity contribution in [1.82, 2.24) is 20.4 Å². The van der Waals surface area contributed by atoms with E-state index in [0.29, 0.717) is 0 Å². The van der Waals surface area contributed by atoms with Gasteiger partial charge in [-0.25, -0.2) is 4.68 Å². The van der Waals surface area contributed by atoms with Crippen LogP contribution in [0.1, 0.15) is 41.8 Å². The lowest BCUT2D eigenvalue weighted by atomic mass is 10.00. The third-order valence-electron chi connectivity index (χ3n) is 3.36. The van der Waals surface area contributed by atoms with E-state index in [4.69, 9.17) is 5.84 Å². The molecule has 5 nitrogen and oxygen atoms in total. The highest BCUT2D eigenvalue weighted by Gasteiger charge is 2.16. The molecule has 108 valence electrons. The normalized spacial score (nSPS) is 12.6. The van der Waals surface area contributed by atoms with E-state index in [0.717, 1.165) is 25.1 Å². The number of hydrazine groups is 1. The fourth-order valence-electron chi connectivity index (χ4n) is 2.59. The fourth-order valence-corrected chi connectivity index (χ4v) is 2.59. The van der Waals surface area contributed by atoms with Crippen LogP contribution in [-0.4, -0.2) is 15.0 Å². The Morgan fingerprint density at radius 1 is 1.25 bits per heavy atom. The molecule has 0 amide bonds. The molecule has 1 atom stereocenters. The average Bonchev–Trinajstić information content (AvgIpc) is 2.83. The van der Waals surface area contributed by atoms with Crippen LogP contribution in [0.15, 0.2) is 24.4 Å². The summed E-state index contributed by atoms with van der Waals surface area (Å²) in [4.78, 5) is 0. The second kappa shape index (κ2) is 6.63. The van der Waals surface area contributed by atoms with E-state index >= 15 is 0 Å². The Kier molecular flexibility index (Phi) is 4.87. The molecule has 1 heterocycles. The van der Waals surface area contributed by atoms with Crippen molar-refractivity contribution >= 4 is 0 Å². The second-order valence-corrected chi connectivity index (χ2v) is 5.30. The average molecular weight is 273 g/mol. The summed E-state index contributed by atoms with van der Waals surface area (Å²) in [6.45, 7) is 7.22. The smallest absolute Gasteiger partial charge is 0.0773 e. The predicted octanol–water partition coefficient (Wildman–Crippen LogP) is 2.05. The minimum atomic E-state index is 0.0257. The molecule has 1 aromatic carbocycles. The van der Waals surface area contributed by atoms with Crippen molar-refractivity contribution in [2.24, 2.45) is 5.84 Å². The molecule has 0 saturated heterocycles. The number of nitrogens with two attached hydrogens (primary N) is 1. The molecule has 0 aliphatic heterocycles. The molecule has 0 spiro atoms. The van der Waals surface area contributed by atoms with E-state index < -0.39 is 0 Å². The quantitative estimate of drug-likeness (QED) is 0.624. The number of hydrogen-bond donors (Lipinski definition) is 2. The zero-order valence-electron chi connectivity index (χ0n) is 12.4. The number of nitrogens with one attached hydrogen (secondary N) is 1. The molecular formula is C15H23N5. The maximum atomic E-state index is 5.73. The van der Waals surface area contributed by atoms with E-state index in [1.54, 1.807) is 6.20 Å². The van der Waals surface area contributed by atoms with Gasteiger partial charge in [0.25, 0.3) is 0 Å². The lowest BCUT2D eigenvalue weighted by Crippen LogP contribution is -2.31. The molecule has 0 aliphatic carbocycles. The van der Waals surface area contributed by atoms with Gasteiger partial charge in [0.05, 0.1) is 17.9 Å². The molecule has 1 aromatic heterocycles. The molecule has 0 aliphatic rings. The topological polar surface area (TPSA) is 68.8 Å². The molecule has 1 unspecified atom stereocenters. The fraction of sp³-hybridized carbons (Fsp3) is 0.467. The summed E-state index contributed by atoms with van der Waals surface area (Å²) in [6, 6.07) is 6.60. The van der Waals surface area contributed by atoms with Gasteiger partial charge in [0, 0.05) is 6.54 Å². The predicted molar refractivity (Wildman–Crippen MR) is 80.0 cm³/mol. The number of benzene rings is 1. The van der Waals surface area contributed by atoms with Crippen LogP contribution >= 0.6 is 0 Å². The Labute approximate surface area is 120 Å². The van der Waals surface area contributed by atoms with Gasteiger partial charge in [0.2, 0.25) is 0 Å². The van der Waals surface area contributed by atoms with Gasteiger partial charge in [0.15, 0.2) is 0 Å². The van der Waals surface area contributed by atoms with E-state index in [1.807, 2.05) is 4.68 Å². The van der Waals surface area contributed by atoms with Crippen molar-refractivity contribution in [2.45, 2.75) is 46.2 Å². The zero-order valence-corrected chi connectivity index (χ0v) is 12.4. The highest BCUT2D eigenvalue weighted by Crippen LogP contribution is 2.19. The first-order valence-electron chi connectivity index (χ1n) is 7.05. The third kappa shape index (κ3) is 3.43. The van der Waals surface area contributed by atoms with Gasteiger partial charge >= 0.3 is 0 Å². The van der Waals surface area contributed by atoms with Crippen LogP contribution in [0, 0.1) is 13.8 Å². The number of aryl methyl sites for hydroxylation is 3. The summed E-state index contributed by atoms with van der Waals surface area (Å²) in [7, 11) is 0. The number of aromatic nitrogens is 3. The molecular weight excluding hydrogens is 250 g/mol. The Balaban J connectivity index is 2.21. The maximum Gasteiger partial charge on any atom is 0.0773 e. The first kappa shape index (κ1) is 14.7.